The van der Waals surface area contributed by atoms with E-state index in [1.807, 2.05) is 11.6 Å². The molecule has 0 amide bonds. The van der Waals surface area contributed by atoms with Gasteiger partial charge in [-0.3, -0.25) is 4.68 Å². The van der Waals surface area contributed by atoms with Gasteiger partial charge in [-0.2, -0.15) is 5.10 Å². The summed E-state index contributed by atoms with van der Waals surface area (Å²) < 4.78 is 2.05. The van der Waals surface area contributed by atoms with Crippen LogP contribution in [0.1, 0.15) is 43.6 Å². The van der Waals surface area contributed by atoms with Crippen LogP contribution in [0.3, 0.4) is 0 Å². The van der Waals surface area contributed by atoms with E-state index in [1.54, 1.807) is 0 Å². The minimum absolute atomic E-state index is 0.158. The Bertz CT molecular complexity index is 387. The molecule has 1 atom stereocenters. The van der Waals surface area contributed by atoms with Crippen molar-refractivity contribution < 1.29 is 5.11 Å². The fourth-order valence-electron chi connectivity index (χ4n) is 2.01. The fraction of sp³-hybridized carbons (Fsp3) is 0.786. The Hall–Kier alpha value is -0.870. The molecule has 104 valence electrons. The van der Waals surface area contributed by atoms with E-state index < -0.39 is 0 Å². The number of hydrogen-bond acceptors (Lipinski definition) is 3. The van der Waals surface area contributed by atoms with E-state index in [0.717, 1.165) is 31.6 Å². The van der Waals surface area contributed by atoms with Gasteiger partial charge in [0.15, 0.2) is 0 Å². The summed E-state index contributed by atoms with van der Waals surface area (Å²) in [6.45, 7) is 12.4. The van der Waals surface area contributed by atoms with Crippen LogP contribution in [0.25, 0.3) is 0 Å². The van der Waals surface area contributed by atoms with Crippen LogP contribution >= 0.6 is 0 Å². The first-order chi connectivity index (χ1) is 8.43. The van der Waals surface area contributed by atoms with Crippen LogP contribution in [-0.2, 0) is 6.54 Å². The molecule has 1 unspecified atom stereocenters. The van der Waals surface area contributed by atoms with E-state index in [0.29, 0.717) is 0 Å². The van der Waals surface area contributed by atoms with E-state index in [9.17, 15) is 5.11 Å². The Kier molecular flexibility index (Phi) is 5.35. The first kappa shape index (κ1) is 15.2. The first-order valence-electron chi connectivity index (χ1n) is 6.80. The van der Waals surface area contributed by atoms with Crippen molar-refractivity contribution >= 4 is 0 Å². The van der Waals surface area contributed by atoms with Crippen molar-refractivity contribution in [3.63, 3.8) is 0 Å². The minimum Gasteiger partial charge on any atom is -0.394 e. The lowest BCUT2D eigenvalue weighted by atomic mass is 9.99. The van der Waals surface area contributed by atoms with Crippen LogP contribution in [0.15, 0.2) is 0 Å². The second kappa shape index (κ2) is 6.34. The molecule has 1 aromatic rings. The topological polar surface area (TPSA) is 50.1 Å². The van der Waals surface area contributed by atoms with E-state index >= 15 is 0 Å². The molecular weight excluding hydrogens is 226 g/mol. The number of aryl methyl sites for hydroxylation is 2. The van der Waals surface area contributed by atoms with Crippen molar-refractivity contribution in [3.8, 4) is 0 Å². The third-order valence-corrected chi connectivity index (χ3v) is 3.77. The number of aliphatic hydroxyl groups is 1. The standard InChI is InChI=1S/C14H27N3O/c1-6-8-15-14(5,10-18)7-9-17-13(4)11(2)12(3)16-17/h15,18H,6-10H2,1-5H3. The van der Waals surface area contributed by atoms with Crippen molar-refractivity contribution in [2.45, 2.75) is 59.5 Å². The molecule has 4 heteroatoms. The lowest BCUT2D eigenvalue weighted by Crippen LogP contribution is -2.46. The molecule has 0 aromatic carbocycles. The lowest BCUT2D eigenvalue weighted by Gasteiger charge is -2.29. The quantitative estimate of drug-likeness (QED) is 0.781. The zero-order valence-corrected chi connectivity index (χ0v) is 12.4. The van der Waals surface area contributed by atoms with Crippen molar-refractivity contribution in [1.82, 2.24) is 15.1 Å². The molecule has 4 nitrogen and oxygen atoms in total. The summed E-state index contributed by atoms with van der Waals surface area (Å²) in [6, 6.07) is 0. The first-order valence-corrected chi connectivity index (χ1v) is 6.80. The molecule has 0 spiro atoms. The fourth-order valence-corrected chi connectivity index (χ4v) is 2.01. The highest BCUT2D eigenvalue weighted by atomic mass is 16.3. The normalized spacial score (nSPS) is 14.8. The van der Waals surface area contributed by atoms with Crippen molar-refractivity contribution in [2.75, 3.05) is 13.2 Å². The number of aliphatic hydroxyl groups excluding tert-OH is 1. The molecule has 0 radical (unpaired) electrons. The molecule has 1 heterocycles. The van der Waals surface area contributed by atoms with E-state index in [2.05, 4.69) is 38.1 Å². The van der Waals surface area contributed by atoms with Crippen molar-refractivity contribution in [3.05, 3.63) is 17.0 Å². The predicted molar refractivity (Wildman–Crippen MR) is 74.8 cm³/mol. The van der Waals surface area contributed by atoms with Gasteiger partial charge in [0.05, 0.1) is 12.3 Å². The number of nitrogens with one attached hydrogen (secondary N) is 1. The third-order valence-electron chi connectivity index (χ3n) is 3.77. The summed E-state index contributed by atoms with van der Waals surface area (Å²) in [5, 5.41) is 17.5. The van der Waals surface area contributed by atoms with Crippen LogP contribution in [0.5, 0.6) is 0 Å². The molecule has 1 aromatic heterocycles. The van der Waals surface area contributed by atoms with Crippen LogP contribution in [0.4, 0.5) is 0 Å². The highest BCUT2D eigenvalue weighted by Crippen LogP contribution is 2.15. The maximum absolute atomic E-state index is 9.53. The summed E-state index contributed by atoms with van der Waals surface area (Å²) in [5.41, 5.74) is 3.38. The third kappa shape index (κ3) is 3.56. The van der Waals surface area contributed by atoms with Gasteiger partial charge in [-0.05, 0) is 52.6 Å². The van der Waals surface area contributed by atoms with E-state index in [4.69, 9.17) is 0 Å². The van der Waals surface area contributed by atoms with Gasteiger partial charge in [-0.25, -0.2) is 0 Å². The molecule has 0 aliphatic heterocycles. The molecule has 1 rings (SSSR count). The van der Waals surface area contributed by atoms with Gasteiger partial charge in [0, 0.05) is 17.8 Å². The Morgan fingerprint density at radius 3 is 2.44 bits per heavy atom. The smallest absolute Gasteiger partial charge is 0.0625 e. The molecule has 18 heavy (non-hydrogen) atoms. The maximum Gasteiger partial charge on any atom is 0.0625 e. The Balaban J connectivity index is 2.64. The van der Waals surface area contributed by atoms with Gasteiger partial charge >= 0.3 is 0 Å². The van der Waals surface area contributed by atoms with E-state index in [-0.39, 0.29) is 12.1 Å². The summed E-state index contributed by atoms with van der Waals surface area (Å²) in [5.74, 6) is 0. The number of hydrogen-bond donors (Lipinski definition) is 2. The second-order valence-corrected chi connectivity index (χ2v) is 5.41. The number of aromatic nitrogens is 2. The predicted octanol–water partition coefficient (Wildman–Crippen LogP) is 1.95. The zero-order valence-electron chi connectivity index (χ0n) is 12.4. The molecule has 0 fully saturated rings. The Morgan fingerprint density at radius 2 is 2.00 bits per heavy atom. The van der Waals surface area contributed by atoms with Crippen LogP contribution < -0.4 is 5.32 Å². The average molecular weight is 253 g/mol. The highest BCUT2D eigenvalue weighted by molar-refractivity contribution is 5.22. The Morgan fingerprint density at radius 1 is 1.33 bits per heavy atom. The van der Waals surface area contributed by atoms with E-state index in [1.165, 1.54) is 11.3 Å². The molecule has 2 N–H and O–H groups in total. The van der Waals surface area contributed by atoms with Gasteiger partial charge in [-0.1, -0.05) is 6.92 Å². The second-order valence-electron chi connectivity index (χ2n) is 5.41. The molecule has 0 aliphatic rings. The largest absolute Gasteiger partial charge is 0.394 e. The monoisotopic (exact) mass is 253 g/mol. The number of rotatable bonds is 7. The average Bonchev–Trinajstić information content (AvgIpc) is 2.61. The van der Waals surface area contributed by atoms with Gasteiger partial charge in [0.2, 0.25) is 0 Å². The molecule has 0 saturated carbocycles. The molecule has 0 aliphatic carbocycles. The minimum atomic E-state index is -0.212. The summed E-state index contributed by atoms with van der Waals surface area (Å²) >= 11 is 0. The van der Waals surface area contributed by atoms with Gasteiger partial charge in [0.1, 0.15) is 0 Å². The summed E-state index contributed by atoms with van der Waals surface area (Å²) in [6.07, 6.45) is 1.96. The maximum atomic E-state index is 9.53. The van der Waals surface area contributed by atoms with Gasteiger partial charge in [0.25, 0.3) is 0 Å². The van der Waals surface area contributed by atoms with Crippen molar-refractivity contribution in [2.24, 2.45) is 0 Å². The molecule has 0 bridgehead atoms. The summed E-state index contributed by atoms with van der Waals surface area (Å²) in [7, 11) is 0. The molecular formula is C14H27N3O. The lowest BCUT2D eigenvalue weighted by molar-refractivity contribution is 0.159. The summed E-state index contributed by atoms with van der Waals surface area (Å²) in [4.78, 5) is 0. The van der Waals surface area contributed by atoms with Crippen LogP contribution in [0, 0.1) is 20.8 Å². The van der Waals surface area contributed by atoms with Crippen LogP contribution in [0.2, 0.25) is 0 Å². The zero-order chi connectivity index (χ0) is 13.8. The van der Waals surface area contributed by atoms with Crippen molar-refractivity contribution in [1.29, 1.82) is 0 Å². The number of nitrogens with zero attached hydrogens (tertiary/aromatic N) is 2. The van der Waals surface area contributed by atoms with Crippen LogP contribution in [-0.4, -0.2) is 33.6 Å². The molecule has 0 saturated heterocycles. The highest BCUT2D eigenvalue weighted by Gasteiger charge is 2.22. The van der Waals surface area contributed by atoms with Gasteiger partial charge < -0.3 is 10.4 Å². The van der Waals surface area contributed by atoms with Gasteiger partial charge in [-0.15, -0.1) is 0 Å². The SMILES string of the molecule is CCCNC(C)(CO)CCn1nc(C)c(C)c1C. The Labute approximate surface area is 110 Å².